The number of rotatable bonds is 3. The van der Waals surface area contributed by atoms with Crippen LogP contribution in [0.1, 0.15) is 30.9 Å². The quantitative estimate of drug-likeness (QED) is 0.810. The first-order valence-electron chi connectivity index (χ1n) is 5.01. The zero-order valence-corrected chi connectivity index (χ0v) is 8.21. The van der Waals surface area contributed by atoms with Crippen LogP contribution >= 0.6 is 0 Å². The molecule has 82 valence electrons. The second-order valence-electron chi connectivity index (χ2n) is 4.11. The van der Waals surface area contributed by atoms with Gasteiger partial charge in [-0.15, -0.1) is 0 Å². The summed E-state index contributed by atoms with van der Waals surface area (Å²) in [4.78, 5) is 0. The van der Waals surface area contributed by atoms with Crippen LogP contribution in [0.25, 0.3) is 0 Å². The summed E-state index contributed by atoms with van der Waals surface area (Å²) in [5, 5.41) is 9.42. The molecule has 1 aromatic carbocycles. The smallest absolute Gasteiger partial charge is 0.134 e. The van der Waals surface area contributed by atoms with Crippen molar-refractivity contribution in [2.75, 3.05) is 0 Å². The molecule has 0 unspecified atom stereocenters. The molecule has 0 amide bonds. The van der Waals surface area contributed by atoms with E-state index in [0.29, 0.717) is 12.3 Å². The van der Waals surface area contributed by atoms with E-state index in [9.17, 15) is 13.9 Å². The fourth-order valence-electron chi connectivity index (χ4n) is 1.77. The monoisotopic (exact) mass is 213 g/mol. The molecule has 0 aromatic heterocycles. The molecule has 0 bridgehead atoms. The molecule has 1 aromatic rings. The largest absolute Gasteiger partial charge is 0.507 e. The van der Waals surface area contributed by atoms with Crippen LogP contribution in [-0.4, -0.2) is 5.11 Å². The maximum atomic E-state index is 13.4. The van der Waals surface area contributed by atoms with Gasteiger partial charge in [0.25, 0.3) is 0 Å². The van der Waals surface area contributed by atoms with Gasteiger partial charge in [-0.2, -0.15) is 0 Å². The molecule has 15 heavy (non-hydrogen) atoms. The number of benzene rings is 1. The Morgan fingerprint density at radius 1 is 1.40 bits per heavy atom. The van der Waals surface area contributed by atoms with Crippen molar-refractivity contribution in [1.82, 2.24) is 0 Å². The summed E-state index contributed by atoms with van der Waals surface area (Å²) in [6.07, 6.45) is 2.87. The Kier molecular flexibility index (Phi) is 2.61. The minimum Gasteiger partial charge on any atom is -0.507 e. The number of aromatic hydroxyl groups is 1. The number of nitrogens with two attached hydrogens (primary N) is 1. The topological polar surface area (TPSA) is 46.2 Å². The van der Waals surface area contributed by atoms with Crippen molar-refractivity contribution in [1.29, 1.82) is 0 Å². The molecule has 4 heteroatoms. The van der Waals surface area contributed by atoms with Crippen LogP contribution in [0.4, 0.5) is 8.78 Å². The Labute approximate surface area is 86.7 Å². The molecule has 1 aliphatic rings. The number of phenolic OH excluding ortho intramolecular Hbond substituents is 1. The first-order chi connectivity index (χ1) is 7.08. The van der Waals surface area contributed by atoms with E-state index in [-0.39, 0.29) is 11.3 Å². The molecule has 3 N–H and O–H groups in total. The second kappa shape index (κ2) is 3.77. The van der Waals surface area contributed by atoms with Crippen LogP contribution in [-0.2, 0) is 0 Å². The molecule has 2 rings (SSSR count). The summed E-state index contributed by atoms with van der Waals surface area (Å²) in [6, 6.07) is 1.10. The van der Waals surface area contributed by atoms with Crippen molar-refractivity contribution in [2.24, 2.45) is 11.7 Å². The third-order valence-electron chi connectivity index (χ3n) is 2.73. The minimum absolute atomic E-state index is 0.0308. The molecule has 1 saturated carbocycles. The molecule has 0 heterocycles. The average Bonchev–Trinajstić information content (AvgIpc) is 2.85. The molecule has 1 atom stereocenters. The highest BCUT2D eigenvalue weighted by Gasteiger charge is 2.27. The van der Waals surface area contributed by atoms with Gasteiger partial charge >= 0.3 is 0 Å². The first kappa shape index (κ1) is 10.4. The summed E-state index contributed by atoms with van der Waals surface area (Å²) in [5.41, 5.74) is 5.80. The van der Waals surface area contributed by atoms with Gasteiger partial charge in [0.2, 0.25) is 0 Å². The summed E-state index contributed by atoms with van der Waals surface area (Å²) in [7, 11) is 0. The SMILES string of the molecule is N[C@@H](CC1CC1)c1c(O)cc(F)cc1F. The molecule has 2 nitrogen and oxygen atoms in total. The van der Waals surface area contributed by atoms with E-state index in [1.54, 1.807) is 0 Å². The summed E-state index contributed by atoms with van der Waals surface area (Å²) in [5.74, 6) is -1.41. The van der Waals surface area contributed by atoms with Crippen molar-refractivity contribution < 1.29 is 13.9 Å². The fraction of sp³-hybridized carbons (Fsp3) is 0.455. The summed E-state index contributed by atoms with van der Waals surface area (Å²) >= 11 is 0. The normalized spacial score (nSPS) is 17.8. The molecule has 0 spiro atoms. The zero-order valence-electron chi connectivity index (χ0n) is 8.21. The van der Waals surface area contributed by atoms with Crippen molar-refractivity contribution in [3.05, 3.63) is 29.3 Å². The Balaban J connectivity index is 2.24. The van der Waals surface area contributed by atoms with Crippen LogP contribution in [0.2, 0.25) is 0 Å². The van der Waals surface area contributed by atoms with Crippen molar-refractivity contribution in [3.8, 4) is 5.75 Å². The zero-order chi connectivity index (χ0) is 11.0. The summed E-state index contributed by atoms with van der Waals surface area (Å²) < 4.78 is 26.1. The van der Waals surface area contributed by atoms with Gasteiger partial charge in [-0.25, -0.2) is 8.78 Å². The lowest BCUT2D eigenvalue weighted by Gasteiger charge is -2.14. The lowest BCUT2D eigenvalue weighted by Crippen LogP contribution is -2.13. The van der Waals surface area contributed by atoms with Crippen molar-refractivity contribution >= 4 is 0 Å². The van der Waals surface area contributed by atoms with E-state index >= 15 is 0 Å². The lowest BCUT2D eigenvalue weighted by atomic mass is 10.0. The maximum Gasteiger partial charge on any atom is 0.134 e. The van der Waals surface area contributed by atoms with Gasteiger partial charge in [-0.1, -0.05) is 12.8 Å². The molecular formula is C11H13F2NO. The predicted octanol–water partition coefficient (Wildman–Crippen LogP) is 2.47. The van der Waals surface area contributed by atoms with Crippen LogP contribution in [0, 0.1) is 17.6 Å². The maximum absolute atomic E-state index is 13.4. The Morgan fingerprint density at radius 2 is 2.07 bits per heavy atom. The van der Waals surface area contributed by atoms with E-state index in [4.69, 9.17) is 5.73 Å². The predicted molar refractivity (Wildman–Crippen MR) is 52.3 cm³/mol. The highest BCUT2D eigenvalue weighted by molar-refractivity contribution is 5.36. The molecule has 0 saturated heterocycles. The number of halogens is 2. The molecule has 0 radical (unpaired) electrons. The molecular weight excluding hydrogens is 200 g/mol. The third-order valence-corrected chi connectivity index (χ3v) is 2.73. The van der Waals surface area contributed by atoms with Crippen LogP contribution in [0.3, 0.4) is 0 Å². The van der Waals surface area contributed by atoms with E-state index in [0.717, 1.165) is 25.0 Å². The summed E-state index contributed by atoms with van der Waals surface area (Å²) in [6.45, 7) is 0. The Bertz CT molecular complexity index is 354. The third kappa shape index (κ3) is 2.26. The van der Waals surface area contributed by atoms with Crippen molar-refractivity contribution in [3.63, 3.8) is 0 Å². The number of hydrogen-bond donors (Lipinski definition) is 2. The Morgan fingerprint density at radius 3 is 2.60 bits per heavy atom. The van der Waals surface area contributed by atoms with Gasteiger partial charge in [0, 0.05) is 23.7 Å². The minimum atomic E-state index is -0.785. The Hall–Kier alpha value is -1.16. The van der Waals surface area contributed by atoms with Gasteiger partial charge in [-0.3, -0.25) is 0 Å². The van der Waals surface area contributed by atoms with Crippen LogP contribution < -0.4 is 5.73 Å². The van der Waals surface area contributed by atoms with Gasteiger partial charge in [0.05, 0.1) is 0 Å². The first-order valence-corrected chi connectivity index (χ1v) is 5.01. The van der Waals surface area contributed by atoms with E-state index < -0.39 is 17.7 Å². The average molecular weight is 213 g/mol. The van der Waals surface area contributed by atoms with Gasteiger partial charge in [0.15, 0.2) is 0 Å². The van der Waals surface area contributed by atoms with Crippen LogP contribution in [0.15, 0.2) is 12.1 Å². The van der Waals surface area contributed by atoms with Crippen LogP contribution in [0.5, 0.6) is 5.75 Å². The van der Waals surface area contributed by atoms with Gasteiger partial charge < -0.3 is 10.8 Å². The van der Waals surface area contributed by atoms with E-state index in [1.807, 2.05) is 0 Å². The second-order valence-corrected chi connectivity index (χ2v) is 4.11. The van der Waals surface area contributed by atoms with E-state index in [2.05, 4.69) is 0 Å². The number of hydrogen-bond acceptors (Lipinski definition) is 2. The van der Waals surface area contributed by atoms with Gasteiger partial charge in [-0.05, 0) is 12.3 Å². The fourth-order valence-corrected chi connectivity index (χ4v) is 1.77. The highest BCUT2D eigenvalue weighted by atomic mass is 19.1. The lowest BCUT2D eigenvalue weighted by molar-refractivity contribution is 0.433. The standard InChI is InChI=1S/C11H13F2NO/c12-7-4-8(13)11(10(15)5-7)9(14)3-6-1-2-6/h4-6,9,15H,1-3,14H2/t9-/m0/s1. The molecule has 1 fully saturated rings. The molecule has 0 aliphatic heterocycles. The number of phenols is 1. The van der Waals surface area contributed by atoms with E-state index in [1.165, 1.54) is 0 Å². The van der Waals surface area contributed by atoms with Crippen molar-refractivity contribution in [2.45, 2.75) is 25.3 Å². The highest BCUT2D eigenvalue weighted by Crippen LogP contribution is 2.39. The van der Waals surface area contributed by atoms with Gasteiger partial charge in [0.1, 0.15) is 17.4 Å². The molecule has 1 aliphatic carbocycles.